The number of hydrogen-bond donors (Lipinski definition) is 0. The molecule has 110 valence electrons. The third-order valence-corrected chi connectivity index (χ3v) is 3.10. The lowest BCUT2D eigenvalue weighted by atomic mass is 10.1. The molecule has 0 saturated carbocycles. The predicted octanol–water partition coefficient (Wildman–Crippen LogP) is 3.55. The largest absolute Gasteiger partial charge is 0.385 e. The molecule has 0 aliphatic heterocycles. The molecule has 0 N–H and O–H groups in total. The molecule has 0 spiro atoms. The molecule has 0 bridgehead atoms. The number of ether oxygens (including phenoxy) is 2. The molecule has 18 heavy (non-hydrogen) atoms. The van der Waals surface area contributed by atoms with E-state index in [0.29, 0.717) is 21.5 Å². The fraction of sp³-hybridized carbons (Fsp3) is 1.00. The number of unbranched alkanes of at least 4 members (excludes halogenated alkanes) is 4. The van der Waals surface area contributed by atoms with Crippen LogP contribution in [0.25, 0.3) is 0 Å². The zero-order valence-corrected chi connectivity index (χ0v) is 12.9. The van der Waals surface area contributed by atoms with Gasteiger partial charge < -0.3 is 9.47 Å². The van der Waals surface area contributed by atoms with Crippen LogP contribution in [-0.2, 0) is 19.2 Å². The van der Waals surface area contributed by atoms with Crippen molar-refractivity contribution in [1.29, 1.82) is 0 Å². The number of rotatable bonds is 15. The molecule has 5 heteroatoms. The summed E-state index contributed by atoms with van der Waals surface area (Å²) in [7, 11) is 2.43. The summed E-state index contributed by atoms with van der Waals surface area (Å²) in [5.41, 5.74) is 0. The Bertz CT molecular complexity index is 131. The second-order valence-corrected chi connectivity index (χ2v) is 5.22. The lowest BCUT2D eigenvalue weighted by Gasteiger charge is -2.05. The summed E-state index contributed by atoms with van der Waals surface area (Å²) in [5.74, 6) is 0. The fourth-order valence-electron chi connectivity index (χ4n) is 1.39. The Labute approximate surface area is 113 Å². The fourth-order valence-corrected chi connectivity index (χ4v) is 1.93. The maximum Gasteiger partial charge on any atom is 0.101 e. The summed E-state index contributed by atoms with van der Waals surface area (Å²) in [5, 5.41) is 0. The minimum atomic E-state index is 0.650. The minimum absolute atomic E-state index is 0.650. The topological polar surface area (TPSA) is 36.9 Å². The van der Waals surface area contributed by atoms with Crippen molar-refractivity contribution in [2.45, 2.75) is 45.4 Å². The van der Waals surface area contributed by atoms with Crippen molar-refractivity contribution < 1.29 is 19.2 Å². The van der Waals surface area contributed by atoms with E-state index in [-0.39, 0.29) is 0 Å². The molecular formula is C13H29O4P. The normalized spacial score (nSPS) is 11.7. The van der Waals surface area contributed by atoms with Gasteiger partial charge >= 0.3 is 0 Å². The van der Waals surface area contributed by atoms with Gasteiger partial charge in [-0.3, -0.25) is 0 Å². The maximum atomic E-state index is 5.52. The Morgan fingerprint density at radius 2 is 1.50 bits per heavy atom. The first-order valence-electron chi connectivity index (χ1n) is 6.93. The molecule has 1 unspecified atom stereocenters. The van der Waals surface area contributed by atoms with E-state index in [2.05, 4.69) is 6.92 Å². The van der Waals surface area contributed by atoms with E-state index in [1.165, 1.54) is 25.7 Å². The van der Waals surface area contributed by atoms with Crippen LogP contribution in [0.4, 0.5) is 0 Å². The summed E-state index contributed by atoms with van der Waals surface area (Å²) >= 11 is 0. The standard InChI is InChI=1S/C13H29O4P/c1-3-9-16-17-13-18-12-15-11-8-6-4-5-7-10-14-2/h18H,3-13H2,1-2H3. The van der Waals surface area contributed by atoms with Gasteiger partial charge in [-0.05, 0) is 19.3 Å². The summed E-state index contributed by atoms with van der Waals surface area (Å²) in [6, 6.07) is 0. The van der Waals surface area contributed by atoms with Crippen LogP contribution in [0.2, 0.25) is 0 Å². The predicted molar refractivity (Wildman–Crippen MR) is 76.3 cm³/mol. The monoisotopic (exact) mass is 280 g/mol. The Balaban J connectivity index is 2.86. The van der Waals surface area contributed by atoms with Crippen LogP contribution in [-0.4, -0.2) is 39.6 Å². The van der Waals surface area contributed by atoms with E-state index in [0.717, 1.165) is 32.4 Å². The maximum absolute atomic E-state index is 5.52. The first kappa shape index (κ1) is 18.3. The number of hydrogen-bond acceptors (Lipinski definition) is 4. The molecule has 0 radical (unpaired) electrons. The zero-order valence-electron chi connectivity index (χ0n) is 11.9. The van der Waals surface area contributed by atoms with Crippen LogP contribution in [0.3, 0.4) is 0 Å². The molecule has 1 atom stereocenters. The molecule has 0 fully saturated rings. The first-order valence-corrected chi connectivity index (χ1v) is 8.35. The average Bonchev–Trinajstić information content (AvgIpc) is 2.39. The second kappa shape index (κ2) is 17.3. The molecule has 0 saturated heterocycles. The van der Waals surface area contributed by atoms with Crippen LogP contribution < -0.4 is 0 Å². The van der Waals surface area contributed by atoms with Crippen molar-refractivity contribution in [3.8, 4) is 0 Å². The van der Waals surface area contributed by atoms with Crippen molar-refractivity contribution in [3.05, 3.63) is 0 Å². The molecular weight excluding hydrogens is 251 g/mol. The van der Waals surface area contributed by atoms with Gasteiger partial charge in [-0.25, -0.2) is 9.78 Å². The Kier molecular flexibility index (Phi) is 17.5. The molecule has 0 rings (SSSR count). The summed E-state index contributed by atoms with van der Waals surface area (Å²) in [6.45, 7) is 4.49. The van der Waals surface area contributed by atoms with Crippen molar-refractivity contribution in [2.24, 2.45) is 0 Å². The van der Waals surface area contributed by atoms with Crippen LogP contribution in [0.1, 0.15) is 45.4 Å². The lowest BCUT2D eigenvalue weighted by molar-refractivity contribution is -0.279. The van der Waals surface area contributed by atoms with Crippen molar-refractivity contribution in [1.82, 2.24) is 0 Å². The SMILES string of the molecule is CCCOOCPCOCCCCCCCOC. The summed E-state index contributed by atoms with van der Waals surface area (Å²) in [4.78, 5) is 9.89. The van der Waals surface area contributed by atoms with Crippen LogP contribution >= 0.6 is 8.58 Å². The highest BCUT2D eigenvalue weighted by Gasteiger charge is 1.93. The van der Waals surface area contributed by atoms with Gasteiger partial charge in [-0.2, -0.15) is 0 Å². The van der Waals surface area contributed by atoms with E-state index in [1.54, 1.807) is 7.11 Å². The van der Waals surface area contributed by atoms with Crippen molar-refractivity contribution in [3.63, 3.8) is 0 Å². The lowest BCUT2D eigenvalue weighted by Crippen LogP contribution is -1.97. The molecule has 0 aliphatic carbocycles. The van der Waals surface area contributed by atoms with Gasteiger partial charge in [0, 0.05) is 20.3 Å². The third kappa shape index (κ3) is 16.3. The Hall–Kier alpha value is 0.270. The molecule has 0 heterocycles. The average molecular weight is 280 g/mol. The van der Waals surface area contributed by atoms with E-state index in [1.807, 2.05) is 0 Å². The zero-order chi connectivity index (χ0) is 13.3. The van der Waals surface area contributed by atoms with Crippen LogP contribution in [0, 0.1) is 0 Å². The molecule has 0 aliphatic rings. The quantitative estimate of drug-likeness (QED) is 0.199. The molecule has 0 amide bonds. The Morgan fingerprint density at radius 1 is 0.778 bits per heavy atom. The van der Waals surface area contributed by atoms with Gasteiger partial charge in [0.1, 0.15) is 6.35 Å². The minimum Gasteiger partial charge on any atom is -0.385 e. The van der Waals surface area contributed by atoms with E-state index in [4.69, 9.17) is 19.2 Å². The van der Waals surface area contributed by atoms with Crippen LogP contribution in [0.5, 0.6) is 0 Å². The molecule has 4 nitrogen and oxygen atoms in total. The molecule has 0 aromatic heterocycles. The smallest absolute Gasteiger partial charge is 0.101 e. The van der Waals surface area contributed by atoms with E-state index < -0.39 is 0 Å². The highest BCUT2D eigenvalue weighted by molar-refractivity contribution is 7.37. The van der Waals surface area contributed by atoms with Gasteiger partial charge in [0.15, 0.2) is 0 Å². The highest BCUT2D eigenvalue weighted by atomic mass is 31.1. The molecule has 0 aromatic rings. The van der Waals surface area contributed by atoms with Gasteiger partial charge in [0.2, 0.25) is 0 Å². The molecule has 0 aromatic carbocycles. The van der Waals surface area contributed by atoms with Gasteiger partial charge in [-0.1, -0.05) is 34.8 Å². The first-order chi connectivity index (χ1) is 8.91. The highest BCUT2D eigenvalue weighted by Crippen LogP contribution is 2.11. The van der Waals surface area contributed by atoms with Gasteiger partial charge in [0.05, 0.1) is 13.0 Å². The summed E-state index contributed by atoms with van der Waals surface area (Å²) < 4.78 is 10.5. The van der Waals surface area contributed by atoms with Crippen LogP contribution in [0.15, 0.2) is 0 Å². The van der Waals surface area contributed by atoms with Crippen molar-refractivity contribution >= 4 is 8.58 Å². The van der Waals surface area contributed by atoms with Gasteiger partial charge in [-0.15, -0.1) is 0 Å². The van der Waals surface area contributed by atoms with E-state index in [9.17, 15) is 0 Å². The second-order valence-electron chi connectivity index (χ2n) is 4.15. The number of methoxy groups -OCH3 is 1. The van der Waals surface area contributed by atoms with Crippen molar-refractivity contribution in [2.75, 3.05) is 39.6 Å². The van der Waals surface area contributed by atoms with E-state index >= 15 is 0 Å². The summed E-state index contributed by atoms with van der Waals surface area (Å²) in [6.07, 6.45) is 8.56. The third-order valence-electron chi connectivity index (χ3n) is 2.37. The Morgan fingerprint density at radius 3 is 2.22 bits per heavy atom. The van der Waals surface area contributed by atoms with Gasteiger partial charge in [0.25, 0.3) is 0 Å².